The van der Waals surface area contributed by atoms with Gasteiger partial charge >= 0.3 is 0 Å². The van der Waals surface area contributed by atoms with Crippen molar-refractivity contribution in [2.45, 2.75) is 64.0 Å². The lowest BCUT2D eigenvalue weighted by Crippen LogP contribution is -2.24. The fourth-order valence-corrected chi connectivity index (χ4v) is 4.42. The Balaban J connectivity index is 1.70. The summed E-state index contributed by atoms with van der Waals surface area (Å²) in [5.41, 5.74) is -1.05. The zero-order valence-corrected chi connectivity index (χ0v) is 19.3. The lowest BCUT2D eigenvalue weighted by molar-refractivity contribution is -0.112. The number of benzene rings is 1. The molecule has 2 heterocycles. The van der Waals surface area contributed by atoms with Gasteiger partial charge < -0.3 is 15.2 Å². The van der Waals surface area contributed by atoms with Crippen LogP contribution in [0.3, 0.4) is 0 Å². The number of carbonyl (C=O) groups excluding carboxylic acids is 2. The molecule has 0 aliphatic heterocycles. The molecular formula is C24H27F2N5O3. The van der Waals surface area contributed by atoms with E-state index in [0.717, 1.165) is 49.9 Å². The number of fused-ring (bicyclic) bond motifs is 1. The first-order valence-corrected chi connectivity index (χ1v) is 11.2. The fraction of sp³-hybridized carbons (Fsp3) is 0.458. The fourth-order valence-electron chi connectivity index (χ4n) is 4.42. The van der Waals surface area contributed by atoms with Gasteiger partial charge in [0.15, 0.2) is 0 Å². The summed E-state index contributed by atoms with van der Waals surface area (Å²) in [6.45, 7) is 3.80. The smallest absolute Gasteiger partial charge is 0.287 e. The van der Waals surface area contributed by atoms with E-state index in [2.05, 4.69) is 20.4 Å². The SMILES string of the molecule is CC(C)(O)c1cc2nn(C3CCC(C=O)CC3)cc2cc1NC(=O)c1cncnc1C(C)(F)F. The van der Waals surface area contributed by atoms with Gasteiger partial charge in [0.25, 0.3) is 11.8 Å². The maximum atomic E-state index is 14.0. The minimum atomic E-state index is -3.33. The predicted octanol–water partition coefficient (Wildman–Crippen LogP) is 4.35. The van der Waals surface area contributed by atoms with Crippen LogP contribution in [0.25, 0.3) is 10.9 Å². The highest BCUT2D eigenvalue weighted by molar-refractivity contribution is 6.06. The summed E-state index contributed by atoms with van der Waals surface area (Å²) in [7, 11) is 0. The van der Waals surface area contributed by atoms with E-state index in [0.29, 0.717) is 18.0 Å². The van der Waals surface area contributed by atoms with Crippen molar-refractivity contribution in [3.05, 3.63) is 47.7 Å². The topological polar surface area (TPSA) is 110 Å². The van der Waals surface area contributed by atoms with Gasteiger partial charge in [0, 0.05) is 41.9 Å². The number of rotatable bonds is 6. The van der Waals surface area contributed by atoms with Crippen molar-refractivity contribution in [1.82, 2.24) is 19.7 Å². The molecule has 0 unspecified atom stereocenters. The van der Waals surface area contributed by atoms with Crippen LogP contribution in [0.5, 0.6) is 0 Å². The van der Waals surface area contributed by atoms with E-state index < -0.39 is 23.1 Å². The Labute approximate surface area is 195 Å². The minimum Gasteiger partial charge on any atom is -0.386 e. The number of aromatic nitrogens is 4. The van der Waals surface area contributed by atoms with Gasteiger partial charge in [-0.1, -0.05) is 0 Å². The maximum absolute atomic E-state index is 14.0. The zero-order valence-electron chi connectivity index (χ0n) is 19.3. The van der Waals surface area contributed by atoms with Gasteiger partial charge in [0.1, 0.15) is 18.3 Å². The Morgan fingerprint density at radius 2 is 1.91 bits per heavy atom. The van der Waals surface area contributed by atoms with Gasteiger partial charge in [-0.05, 0) is 51.7 Å². The first-order valence-electron chi connectivity index (χ1n) is 11.2. The first-order chi connectivity index (χ1) is 16.0. The van der Waals surface area contributed by atoms with E-state index in [-0.39, 0.29) is 23.2 Å². The molecule has 0 radical (unpaired) electrons. The molecule has 1 amide bonds. The Bertz CT molecular complexity index is 1220. The Hall–Kier alpha value is -3.27. The average Bonchev–Trinajstić information content (AvgIpc) is 3.20. The van der Waals surface area contributed by atoms with Gasteiger partial charge in [0.2, 0.25) is 0 Å². The van der Waals surface area contributed by atoms with Crippen LogP contribution in [0.15, 0.2) is 30.9 Å². The summed E-state index contributed by atoms with van der Waals surface area (Å²) >= 11 is 0. The molecule has 1 aliphatic rings. The van der Waals surface area contributed by atoms with Crippen molar-refractivity contribution in [2.75, 3.05) is 5.32 Å². The molecule has 0 saturated heterocycles. The number of hydrogen-bond acceptors (Lipinski definition) is 6. The molecule has 1 fully saturated rings. The summed E-state index contributed by atoms with van der Waals surface area (Å²) in [4.78, 5) is 31.3. The number of alkyl halides is 2. The van der Waals surface area contributed by atoms with Crippen LogP contribution < -0.4 is 5.32 Å². The van der Waals surface area contributed by atoms with Crippen LogP contribution in [0.1, 0.15) is 74.1 Å². The monoisotopic (exact) mass is 471 g/mol. The number of aliphatic hydroxyl groups is 1. The molecule has 4 rings (SSSR count). The molecule has 0 atom stereocenters. The maximum Gasteiger partial charge on any atom is 0.287 e. The van der Waals surface area contributed by atoms with Crippen LogP contribution in [-0.4, -0.2) is 37.0 Å². The molecule has 10 heteroatoms. The van der Waals surface area contributed by atoms with Crippen molar-refractivity contribution < 1.29 is 23.5 Å². The summed E-state index contributed by atoms with van der Waals surface area (Å²) in [6, 6.07) is 3.52. The molecule has 0 bridgehead atoms. The van der Waals surface area contributed by atoms with Crippen molar-refractivity contribution in [3.63, 3.8) is 0 Å². The molecule has 8 nitrogen and oxygen atoms in total. The highest BCUT2D eigenvalue weighted by atomic mass is 19.3. The van der Waals surface area contributed by atoms with Crippen LogP contribution in [0.4, 0.5) is 14.5 Å². The number of hydrogen-bond donors (Lipinski definition) is 2. The summed E-state index contributed by atoms with van der Waals surface area (Å²) in [5, 5.41) is 18.8. The third-order valence-electron chi connectivity index (χ3n) is 6.25. The van der Waals surface area contributed by atoms with E-state index in [1.54, 1.807) is 26.0 Å². The van der Waals surface area contributed by atoms with Crippen LogP contribution in [0.2, 0.25) is 0 Å². The van der Waals surface area contributed by atoms with Gasteiger partial charge in [-0.2, -0.15) is 13.9 Å². The Kier molecular flexibility index (Phi) is 6.20. The van der Waals surface area contributed by atoms with Gasteiger partial charge in [-0.15, -0.1) is 0 Å². The average molecular weight is 472 g/mol. The number of halogens is 2. The van der Waals surface area contributed by atoms with E-state index in [1.807, 2.05) is 10.9 Å². The van der Waals surface area contributed by atoms with Gasteiger partial charge in [0.05, 0.1) is 22.7 Å². The second-order valence-electron chi connectivity index (χ2n) is 9.46. The number of nitrogens with one attached hydrogen (secondary N) is 1. The molecule has 1 aromatic carbocycles. The number of anilines is 1. The summed E-state index contributed by atoms with van der Waals surface area (Å²) in [5.74, 6) is -4.04. The Morgan fingerprint density at radius 3 is 2.53 bits per heavy atom. The van der Waals surface area contributed by atoms with E-state index in [4.69, 9.17) is 0 Å². The lowest BCUT2D eigenvalue weighted by atomic mass is 9.87. The second-order valence-corrected chi connectivity index (χ2v) is 9.46. The summed E-state index contributed by atoms with van der Waals surface area (Å²) in [6.07, 6.45) is 8.18. The van der Waals surface area contributed by atoms with Crippen molar-refractivity contribution in [2.24, 2.45) is 5.92 Å². The molecule has 1 saturated carbocycles. The van der Waals surface area contributed by atoms with Crippen molar-refractivity contribution in [3.8, 4) is 0 Å². The largest absolute Gasteiger partial charge is 0.386 e. The summed E-state index contributed by atoms with van der Waals surface area (Å²) < 4.78 is 29.8. The number of aldehydes is 1. The second kappa shape index (κ2) is 8.83. The Morgan fingerprint density at radius 1 is 1.21 bits per heavy atom. The first kappa shape index (κ1) is 23.9. The lowest BCUT2D eigenvalue weighted by Gasteiger charge is -2.25. The standard InChI is InChI=1S/C24H27F2N5O3/c1-23(2,34)18-9-19-15(11-31(30-19)16-6-4-14(12-32)5-7-16)8-20(18)29-22(33)17-10-27-13-28-21(17)24(3,25)26/h8-14,16,34H,4-7H2,1-3H3,(H,29,33). The zero-order chi connectivity index (χ0) is 24.7. The highest BCUT2D eigenvalue weighted by Crippen LogP contribution is 2.36. The van der Waals surface area contributed by atoms with Gasteiger partial charge in [-0.25, -0.2) is 9.97 Å². The van der Waals surface area contributed by atoms with Crippen LogP contribution in [-0.2, 0) is 16.3 Å². The van der Waals surface area contributed by atoms with Gasteiger partial charge in [-0.3, -0.25) is 9.48 Å². The molecule has 34 heavy (non-hydrogen) atoms. The third kappa shape index (κ3) is 4.82. The van der Waals surface area contributed by atoms with Crippen molar-refractivity contribution >= 4 is 28.8 Å². The third-order valence-corrected chi connectivity index (χ3v) is 6.25. The molecule has 1 aliphatic carbocycles. The molecule has 2 N–H and O–H groups in total. The molecule has 180 valence electrons. The van der Waals surface area contributed by atoms with E-state index in [9.17, 15) is 23.5 Å². The number of carbonyl (C=O) groups is 2. The van der Waals surface area contributed by atoms with Crippen LogP contribution in [0, 0.1) is 5.92 Å². The molecule has 0 spiro atoms. The number of nitrogens with zero attached hydrogens (tertiary/aromatic N) is 4. The predicted molar refractivity (Wildman–Crippen MR) is 122 cm³/mol. The minimum absolute atomic E-state index is 0.0900. The van der Waals surface area contributed by atoms with Crippen LogP contribution >= 0.6 is 0 Å². The van der Waals surface area contributed by atoms with E-state index >= 15 is 0 Å². The quantitative estimate of drug-likeness (QED) is 0.518. The molecule has 2 aromatic heterocycles. The van der Waals surface area contributed by atoms with Crippen molar-refractivity contribution in [1.29, 1.82) is 0 Å². The molecule has 3 aromatic rings. The van der Waals surface area contributed by atoms with E-state index in [1.165, 1.54) is 0 Å². The highest BCUT2D eigenvalue weighted by Gasteiger charge is 2.33. The normalized spacial score (nSPS) is 19.2. The molecular weight excluding hydrogens is 444 g/mol. The number of amides is 1.